The molecule has 4 aliphatic rings. The van der Waals surface area contributed by atoms with Crippen LogP contribution in [0.4, 0.5) is 15.3 Å². The van der Waals surface area contributed by atoms with Crippen molar-refractivity contribution in [3.05, 3.63) is 23.8 Å². The van der Waals surface area contributed by atoms with E-state index in [0.717, 1.165) is 17.7 Å². The number of carbonyl (C=O) groups is 2. The van der Waals surface area contributed by atoms with Crippen LogP contribution in [-0.4, -0.2) is 61.3 Å². The molecule has 8 heteroatoms. The first-order chi connectivity index (χ1) is 14.2. The normalized spacial score (nSPS) is 33.2. The van der Waals surface area contributed by atoms with Crippen LogP contribution in [0.3, 0.4) is 0 Å². The minimum absolute atomic E-state index is 0.0563. The maximum Gasteiger partial charge on any atom is 0.415 e. The second kappa shape index (κ2) is 6.03. The van der Waals surface area contributed by atoms with E-state index >= 15 is 0 Å². The Labute approximate surface area is 176 Å². The van der Waals surface area contributed by atoms with Gasteiger partial charge in [-0.3, -0.25) is 9.80 Å². The fourth-order valence-corrected chi connectivity index (χ4v) is 6.01. The van der Waals surface area contributed by atoms with Crippen molar-refractivity contribution in [3.8, 4) is 5.75 Å². The van der Waals surface area contributed by atoms with Gasteiger partial charge in [0.05, 0.1) is 37.5 Å². The summed E-state index contributed by atoms with van der Waals surface area (Å²) >= 11 is 0. The second-order valence-electron chi connectivity index (χ2n) is 9.49. The molecule has 1 saturated carbocycles. The Balaban J connectivity index is 1.72. The van der Waals surface area contributed by atoms with Crippen molar-refractivity contribution in [2.45, 2.75) is 68.9 Å². The molecule has 5 rings (SSSR count). The molecular formula is C22H28N2O6. The minimum atomic E-state index is -0.922. The first-order valence-electron chi connectivity index (χ1n) is 10.4. The van der Waals surface area contributed by atoms with Crippen molar-refractivity contribution in [2.24, 2.45) is 0 Å². The lowest BCUT2D eigenvalue weighted by atomic mass is 9.64. The molecule has 1 aliphatic carbocycles. The van der Waals surface area contributed by atoms with Gasteiger partial charge in [-0.2, -0.15) is 0 Å². The van der Waals surface area contributed by atoms with Crippen LogP contribution in [0.25, 0.3) is 0 Å². The van der Waals surface area contributed by atoms with Crippen LogP contribution in [0.5, 0.6) is 5.75 Å². The summed E-state index contributed by atoms with van der Waals surface area (Å²) in [5.74, 6) is 0.710. The lowest BCUT2D eigenvalue weighted by Gasteiger charge is -2.50. The quantitative estimate of drug-likeness (QED) is 0.653. The van der Waals surface area contributed by atoms with E-state index in [0.29, 0.717) is 25.1 Å². The van der Waals surface area contributed by atoms with E-state index in [1.807, 2.05) is 39.0 Å². The van der Waals surface area contributed by atoms with E-state index in [9.17, 15) is 9.59 Å². The summed E-state index contributed by atoms with van der Waals surface area (Å²) in [6.45, 7) is 6.02. The van der Waals surface area contributed by atoms with Crippen LogP contribution in [-0.2, 0) is 19.6 Å². The zero-order valence-corrected chi connectivity index (χ0v) is 18.1. The Morgan fingerprint density at radius 1 is 1.17 bits per heavy atom. The highest BCUT2D eigenvalue weighted by Gasteiger charge is 2.80. The Morgan fingerprint density at radius 3 is 2.60 bits per heavy atom. The number of benzene rings is 1. The van der Waals surface area contributed by atoms with Crippen molar-refractivity contribution in [1.29, 1.82) is 0 Å². The smallest absolute Gasteiger partial charge is 0.415 e. The number of amides is 2. The molecule has 2 amide bonds. The maximum absolute atomic E-state index is 13.4. The van der Waals surface area contributed by atoms with Gasteiger partial charge in [0, 0.05) is 6.54 Å². The van der Waals surface area contributed by atoms with Gasteiger partial charge in [-0.15, -0.1) is 0 Å². The Bertz CT molecular complexity index is 927. The molecule has 3 aliphatic heterocycles. The molecule has 0 N–H and O–H groups in total. The summed E-state index contributed by atoms with van der Waals surface area (Å²) in [6.07, 6.45) is 1.23. The van der Waals surface area contributed by atoms with E-state index in [1.54, 1.807) is 16.9 Å². The number of anilines is 1. The number of nitrogens with zero attached hydrogens (tertiary/aromatic N) is 2. The molecule has 3 fully saturated rings. The van der Waals surface area contributed by atoms with Crippen molar-refractivity contribution in [1.82, 2.24) is 4.90 Å². The summed E-state index contributed by atoms with van der Waals surface area (Å²) in [6, 6.07) is 5.69. The monoisotopic (exact) mass is 416 g/mol. The van der Waals surface area contributed by atoms with Crippen molar-refractivity contribution < 1.29 is 28.5 Å². The van der Waals surface area contributed by atoms with E-state index in [2.05, 4.69) is 0 Å². The SMILES string of the molecule is COC(=O)N1c2ccc(OC)cc2[C@@]23CCN(C(=O)OC(C)(C)C)[C@@]12CC[C@@H]1O[C@@H]13. The van der Waals surface area contributed by atoms with Crippen molar-refractivity contribution in [3.63, 3.8) is 0 Å². The predicted octanol–water partition coefficient (Wildman–Crippen LogP) is 3.42. The standard InChI is InChI=1S/C22H28N2O6/c1-20(2,3)30-18(25)23-11-10-21-14-12-13(27-4)6-7-15(14)24(19(26)28-5)22(21,23)9-8-16-17(21)29-16/h6-7,12,16-17H,8-11H2,1-5H3/t16-,17-,21+,22-/m0/s1. The number of likely N-dealkylation sites (tertiary alicyclic amines) is 1. The molecule has 3 heterocycles. The van der Waals surface area contributed by atoms with Crippen LogP contribution in [0, 0.1) is 0 Å². The van der Waals surface area contributed by atoms with Crippen LogP contribution < -0.4 is 9.64 Å². The Hall–Kier alpha value is -2.48. The summed E-state index contributed by atoms with van der Waals surface area (Å²) in [5, 5.41) is 0. The van der Waals surface area contributed by atoms with Gasteiger partial charge in [0.2, 0.25) is 0 Å². The average Bonchev–Trinajstić information content (AvgIpc) is 3.34. The number of ether oxygens (including phenoxy) is 4. The van der Waals surface area contributed by atoms with Crippen molar-refractivity contribution in [2.75, 3.05) is 25.7 Å². The van der Waals surface area contributed by atoms with Gasteiger partial charge >= 0.3 is 12.2 Å². The lowest BCUT2D eigenvalue weighted by molar-refractivity contribution is -0.00689. The first-order valence-corrected chi connectivity index (χ1v) is 10.4. The molecule has 1 aromatic carbocycles. The van der Waals surface area contributed by atoms with E-state index in [-0.39, 0.29) is 12.2 Å². The molecule has 30 heavy (non-hydrogen) atoms. The topological polar surface area (TPSA) is 80.8 Å². The van der Waals surface area contributed by atoms with Gasteiger partial charge < -0.3 is 18.9 Å². The van der Waals surface area contributed by atoms with Gasteiger partial charge in [-0.25, -0.2) is 9.59 Å². The van der Waals surface area contributed by atoms with Gasteiger partial charge in [-0.1, -0.05) is 0 Å². The third kappa shape index (κ3) is 2.25. The third-order valence-electron chi connectivity index (χ3n) is 7.00. The highest BCUT2D eigenvalue weighted by molar-refractivity contribution is 5.96. The van der Waals surface area contributed by atoms with Crippen molar-refractivity contribution >= 4 is 17.9 Å². The second-order valence-corrected chi connectivity index (χ2v) is 9.49. The lowest BCUT2D eigenvalue weighted by Crippen LogP contribution is -2.69. The molecule has 4 atom stereocenters. The van der Waals surface area contributed by atoms with E-state index in [1.165, 1.54) is 7.11 Å². The number of carbonyl (C=O) groups excluding carboxylic acids is 2. The van der Waals surface area contributed by atoms with E-state index in [4.69, 9.17) is 18.9 Å². The van der Waals surface area contributed by atoms with Crippen LogP contribution in [0.2, 0.25) is 0 Å². The molecule has 0 bridgehead atoms. The fourth-order valence-electron chi connectivity index (χ4n) is 6.01. The molecule has 8 nitrogen and oxygen atoms in total. The molecule has 1 aromatic rings. The number of fused-ring (bicyclic) bond motifs is 2. The Kier molecular flexibility index (Phi) is 3.92. The van der Waals surface area contributed by atoms with Gasteiger partial charge in [0.15, 0.2) is 0 Å². The zero-order valence-electron chi connectivity index (χ0n) is 18.1. The van der Waals surface area contributed by atoms with Crippen LogP contribution in [0.15, 0.2) is 18.2 Å². The third-order valence-corrected chi connectivity index (χ3v) is 7.00. The molecule has 2 saturated heterocycles. The predicted molar refractivity (Wildman–Crippen MR) is 108 cm³/mol. The summed E-state index contributed by atoms with van der Waals surface area (Å²) in [5.41, 5.74) is -0.381. The van der Waals surface area contributed by atoms with Gasteiger partial charge in [0.25, 0.3) is 0 Å². The number of rotatable bonds is 1. The van der Waals surface area contributed by atoms with Crippen LogP contribution in [0.1, 0.15) is 45.6 Å². The minimum Gasteiger partial charge on any atom is -0.497 e. The highest BCUT2D eigenvalue weighted by Crippen LogP contribution is 2.69. The van der Waals surface area contributed by atoms with E-state index < -0.39 is 28.9 Å². The average molecular weight is 416 g/mol. The first kappa shape index (κ1) is 19.5. The number of epoxide rings is 1. The zero-order chi connectivity index (χ0) is 21.5. The number of hydrogen-bond acceptors (Lipinski definition) is 6. The molecule has 162 valence electrons. The summed E-state index contributed by atoms with van der Waals surface area (Å²) in [7, 11) is 2.99. The number of methoxy groups -OCH3 is 2. The largest absolute Gasteiger partial charge is 0.497 e. The molecule has 0 radical (unpaired) electrons. The van der Waals surface area contributed by atoms with Crippen LogP contribution >= 0.6 is 0 Å². The molecule has 0 aromatic heterocycles. The summed E-state index contributed by atoms with van der Waals surface area (Å²) < 4.78 is 22.6. The molecule has 0 unspecified atom stereocenters. The van der Waals surface area contributed by atoms with Gasteiger partial charge in [0.1, 0.15) is 17.0 Å². The highest BCUT2D eigenvalue weighted by atomic mass is 16.6. The maximum atomic E-state index is 13.4. The number of hydrogen-bond donors (Lipinski definition) is 0. The molecular weight excluding hydrogens is 388 g/mol. The van der Waals surface area contributed by atoms with Gasteiger partial charge in [-0.05, 0) is 63.8 Å². The fraction of sp³-hybridized carbons (Fsp3) is 0.636. The summed E-state index contributed by atoms with van der Waals surface area (Å²) in [4.78, 5) is 29.9. The molecule has 0 spiro atoms. The Morgan fingerprint density at radius 2 is 1.93 bits per heavy atom.